The van der Waals surface area contributed by atoms with Crippen LogP contribution in [0.2, 0.25) is 0 Å². The van der Waals surface area contributed by atoms with E-state index in [4.69, 9.17) is 11.0 Å². The second-order valence-corrected chi connectivity index (χ2v) is 5.42. The molecule has 1 fully saturated rings. The van der Waals surface area contributed by atoms with Gasteiger partial charge in [0.25, 0.3) is 5.91 Å². The van der Waals surface area contributed by atoms with Gasteiger partial charge in [-0.2, -0.15) is 10.2 Å². The highest BCUT2D eigenvalue weighted by Crippen LogP contribution is 2.17. The first-order chi connectivity index (χ1) is 11.1. The summed E-state index contributed by atoms with van der Waals surface area (Å²) in [6.45, 7) is 4.39. The van der Waals surface area contributed by atoms with E-state index in [1.54, 1.807) is 11.0 Å². The summed E-state index contributed by atoms with van der Waals surface area (Å²) < 4.78 is 0. The Bertz CT molecular complexity index is 748. The van der Waals surface area contributed by atoms with Crippen LogP contribution >= 0.6 is 0 Å². The SMILES string of the molecule is Cc1cc(N2CCN(C(=O)c3cc(C#N)c[nH]3)CC2)nc(N)n1. The third-order valence-electron chi connectivity index (χ3n) is 3.79. The lowest BCUT2D eigenvalue weighted by atomic mass is 10.2. The molecule has 23 heavy (non-hydrogen) atoms. The zero-order valence-electron chi connectivity index (χ0n) is 12.8. The van der Waals surface area contributed by atoms with E-state index in [2.05, 4.69) is 19.9 Å². The molecule has 0 spiro atoms. The van der Waals surface area contributed by atoms with E-state index >= 15 is 0 Å². The van der Waals surface area contributed by atoms with Gasteiger partial charge in [0.05, 0.1) is 5.56 Å². The summed E-state index contributed by atoms with van der Waals surface area (Å²) in [5.74, 6) is 0.951. The second-order valence-electron chi connectivity index (χ2n) is 5.42. The maximum atomic E-state index is 12.4. The molecule has 1 amide bonds. The monoisotopic (exact) mass is 311 g/mol. The number of aryl methyl sites for hydroxylation is 1. The lowest BCUT2D eigenvalue weighted by molar-refractivity contribution is 0.0741. The van der Waals surface area contributed by atoms with Gasteiger partial charge in [-0.05, 0) is 13.0 Å². The van der Waals surface area contributed by atoms with E-state index in [0.717, 1.165) is 11.5 Å². The highest BCUT2D eigenvalue weighted by Gasteiger charge is 2.24. The normalized spacial score (nSPS) is 14.6. The number of rotatable bonds is 2. The highest BCUT2D eigenvalue weighted by atomic mass is 16.2. The molecule has 3 N–H and O–H groups in total. The summed E-state index contributed by atoms with van der Waals surface area (Å²) in [6.07, 6.45) is 1.54. The number of carbonyl (C=O) groups is 1. The third-order valence-corrected chi connectivity index (χ3v) is 3.79. The maximum absolute atomic E-state index is 12.4. The molecule has 0 bridgehead atoms. The molecule has 2 aromatic rings. The standard InChI is InChI=1S/C15H17N7O/c1-10-6-13(20-15(17)19-10)21-2-4-22(5-3-21)14(23)12-7-11(8-16)9-18-12/h6-7,9,18H,2-5H2,1H3,(H2,17,19,20). The number of carbonyl (C=O) groups excluding carboxylic acids is 1. The van der Waals surface area contributed by atoms with Gasteiger partial charge < -0.3 is 20.5 Å². The summed E-state index contributed by atoms with van der Waals surface area (Å²) in [5, 5.41) is 8.82. The number of amides is 1. The fraction of sp³-hybridized carbons (Fsp3) is 0.333. The van der Waals surface area contributed by atoms with Crippen molar-refractivity contribution in [1.29, 1.82) is 5.26 Å². The van der Waals surface area contributed by atoms with Crippen molar-refractivity contribution in [3.05, 3.63) is 35.3 Å². The van der Waals surface area contributed by atoms with Crippen LogP contribution < -0.4 is 10.6 Å². The van der Waals surface area contributed by atoms with Crippen LogP contribution in [0.5, 0.6) is 0 Å². The average Bonchev–Trinajstić information content (AvgIpc) is 3.02. The van der Waals surface area contributed by atoms with E-state index < -0.39 is 0 Å². The average molecular weight is 311 g/mol. The predicted octanol–water partition coefficient (Wildman–Crippen LogP) is 0.529. The van der Waals surface area contributed by atoms with Crippen LogP contribution in [-0.2, 0) is 0 Å². The summed E-state index contributed by atoms with van der Waals surface area (Å²) in [4.78, 5) is 27.4. The first-order valence-corrected chi connectivity index (χ1v) is 7.31. The molecule has 0 aliphatic carbocycles. The Balaban J connectivity index is 1.66. The predicted molar refractivity (Wildman–Crippen MR) is 84.8 cm³/mol. The second kappa shape index (κ2) is 5.96. The van der Waals surface area contributed by atoms with Crippen molar-refractivity contribution in [1.82, 2.24) is 19.9 Å². The zero-order valence-corrected chi connectivity index (χ0v) is 12.8. The molecule has 118 valence electrons. The van der Waals surface area contributed by atoms with Gasteiger partial charge in [0, 0.05) is 44.1 Å². The number of nitrogens with two attached hydrogens (primary N) is 1. The lowest BCUT2D eigenvalue weighted by Gasteiger charge is -2.35. The fourth-order valence-corrected chi connectivity index (χ4v) is 2.63. The van der Waals surface area contributed by atoms with Crippen molar-refractivity contribution in [3.63, 3.8) is 0 Å². The van der Waals surface area contributed by atoms with Gasteiger partial charge in [-0.3, -0.25) is 4.79 Å². The molecule has 1 aliphatic heterocycles. The molecule has 0 unspecified atom stereocenters. The van der Waals surface area contributed by atoms with Crippen LogP contribution in [0.1, 0.15) is 21.7 Å². The van der Waals surface area contributed by atoms with Crippen LogP contribution in [-0.4, -0.2) is 51.9 Å². The fourth-order valence-electron chi connectivity index (χ4n) is 2.63. The Morgan fingerprint density at radius 2 is 2.04 bits per heavy atom. The number of nitrogen functional groups attached to an aromatic ring is 1. The van der Waals surface area contributed by atoms with E-state index in [1.807, 2.05) is 19.1 Å². The molecule has 0 atom stereocenters. The Morgan fingerprint density at radius 3 is 2.65 bits per heavy atom. The number of aromatic amines is 1. The van der Waals surface area contributed by atoms with Crippen LogP contribution in [0.25, 0.3) is 0 Å². The van der Waals surface area contributed by atoms with E-state index in [0.29, 0.717) is 37.4 Å². The van der Waals surface area contributed by atoms with Gasteiger partial charge in [0.2, 0.25) is 5.95 Å². The first-order valence-electron chi connectivity index (χ1n) is 7.31. The molecule has 0 saturated carbocycles. The van der Waals surface area contributed by atoms with E-state index in [-0.39, 0.29) is 11.9 Å². The lowest BCUT2D eigenvalue weighted by Crippen LogP contribution is -2.49. The van der Waals surface area contributed by atoms with Crippen LogP contribution in [0, 0.1) is 18.3 Å². The van der Waals surface area contributed by atoms with Crippen molar-refractivity contribution in [2.45, 2.75) is 6.92 Å². The largest absolute Gasteiger partial charge is 0.368 e. The molecule has 0 radical (unpaired) electrons. The van der Waals surface area contributed by atoms with E-state index in [9.17, 15) is 4.79 Å². The topological polar surface area (TPSA) is 115 Å². The quantitative estimate of drug-likeness (QED) is 0.836. The zero-order chi connectivity index (χ0) is 16.4. The number of nitriles is 1. The molecule has 8 heteroatoms. The minimum Gasteiger partial charge on any atom is -0.368 e. The number of aromatic nitrogens is 3. The van der Waals surface area contributed by atoms with Crippen molar-refractivity contribution in [2.75, 3.05) is 36.8 Å². The molecule has 1 saturated heterocycles. The first kappa shape index (κ1) is 14.8. The summed E-state index contributed by atoms with van der Waals surface area (Å²) in [6, 6.07) is 5.47. The van der Waals surface area contributed by atoms with Gasteiger partial charge in [-0.15, -0.1) is 0 Å². The summed E-state index contributed by atoms with van der Waals surface area (Å²) >= 11 is 0. The van der Waals surface area contributed by atoms with E-state index in [1.165, 1.54) is 6.20 Å². The Morgan fingerprint density at radius 1 is 1.30 bits per heavy atom. The minimum atomic E-state index is -0.0930. The molecule has 0 aromatic carbocycles. The number of hydrogen-bond acceptors (Lipinski definition) is 6. The molecule has 1 aliphatic rings. The van der Waals surface area contributed by atoms with Gasteiger partial charge in [-0.1, -0.05) is 0 Å². The van der Waals surface area contributed by atoms with Gasteiger partial charge in [-0.25, -0.2) is 4.98 Å². The van der Waals surface area contributed by atoms with Crippen molar-refractivity contribution in [2.24, 2.45) is 0 Å². The Kier molecular flexibility index (Phi) is 3.85. The number of hydrogen-bond donors (Lipinski definition) is 2. The smallest absolute Gasteiger partial charge is 0.270 e. The molecule has 3 rings (SSSR count). The number of nitrogens with one attached hydrogen (secondary N) is 1. The number of anilines is 2. The Labute approximate surface area is 133 Å². The summed E-state index contributed by atoms with van der Waals surface area (Å²) in [5.41, 5.74) is 7.41. The maximum Gasteiger partial charge on any atom is 0.270 e. The van der Waals surface area contributed by atoms with Gasteiger partial charge in [0.1, 0.15) is 17.6 Å². The van der Waals surface area contributed by atoms with Crippen molar-refractivity contribution < 1.29 is 4.79 Å². The highest BCUT2D eigenvalue weighted by molar-refractivity contribution is 5.93. The van der Waals surface area contributed by atoms with Crippen molar-refractivity contribution >= 4 is 17.7 Å². The van der Waals surface area contributed by atoms with Crippen LogP contribution in [0.3, 0.4) is 0 Å². The van der Waals surface area contributed by atoms with Crippen LogP contribution in [0.15, 0.2) is 18.3 Å². The molecule has 3 heterocycles. The van der Waals surface area contributed by atoms with Gasteiger partial charge in [0.15, 0.2) is 0 Å². The number of H-pyrrole nitrogens is 1. The van der Waals surface area contributed by atoms with Gasteiger partial charge >= 0.3 is 0 Å². The molecule has 2 aromatic heterocycles. The number of piperazine rings is 1. The number of nitrogens with zero attached hydrogens (tertiary/aromatic N) is 5. The summed E-state index contributed by atoms with van der Waals surface area (Å²) in [7, 11) is 0. The Hall–Kier alpha value is -3.08. The van der Waals surface area contributed by atoms with Crippen molar-refractivity contribution in [3.8, 4) is 6.07 Å². The molecule has 8 nitrogen and oxygen atoms in total. The molecular formula is C15H17N7O. The minimum absolute atomic E-state index is 0.0930. The van der Waals surface area contributed by atoms with Crippen LogP contribution in [0.4, 0.5) is 11.8 Å². The third kappa shape index (κ3) is 3.08. The molecular weight excluding hydrogens is 294 g/mol.